The number of rotatable bonds is 4. The highest BCUT2D eigenvalue weighted by atomic mass is 16.2. The summed E-state index contributed by atoms with van der Waals surface area (Å²) in [5.74, 6) is 1.15. The van der Waals surface area contributed by atoms with Crippen LogP contribution in [0.2, 0.25) is 0 Å². The molecule has 1 amide bonds. The smallest absolute Gasteiger partial charge is 0.222 e. The van der Waals surface area contributed by atoms with E-state index < -0.39 is 0 Å². The van der Waals surface area contributed by atoms with Crippen molar-refractivity contribution in [3.8, 4) is 0 Å². The number of nitrogens with zero attached hydrogens (tertiary/aromatic N) is 1. The van der Waals surface area contributed by atoms with Crippen molar-refractivity contribution in [2.75, 3.05) is 7.05 Å². The molecule has 0 aromatic rings. The van der Waals surface area contributed by atoms with Crippen molar-refractivity contribution in [1.82, 2.24) is 4.90 Å². The van der Waals surface area contributed by atoms with Gasteiger partial charge < -0.3 is 4.90 Å². The Morgan fingerprint density at radius 3 is 2.44 bits per heavy atom. The van der Waals surface area contributed by atoms with Gasteiger partial charge in [0.05, 0.1) is 0 Å². The van der Waals surface area contributed by atoms with Gasteiger partial charge in [-0.3, -0.25) is 9.59 Å². The molecule has 0 atom stereocenters. The molecule has 0 spiro atoms. The summed E-state index contributed by atoms with van der Waals surface area (Å²) in [6, 6.07) is 0.289. The number of amides is 1. The summed E-state index contributed by atoms with van der Waals surface area (Å²) in [5, 5.41) is 0. The van der Waals surface area contributed by atoms with Crippen molar-refractivity contribution in [2.24, 2.45) is 5.92 Å². The van der Waals surface area contributed by atoms with Crippen LogP contribution in [0.1, 0.15) is 52.4 Å². The molecule has 0 aromatic heterocycles. The predicted molar refractivity (Wildman–Crippen MR) is 64.1 cm³/mol. The van der Waals surface area contributed by atoms with Crippen LogP contribution in [0.4, 0.5) is 0 Å². The lowest BCUT2D eigenvalue weighted by molar-refractivity contribution is -0.134. The zero-order valence-corrected chi connectivity index (χ0v) is 10.7. The maximum absolute atomic E-state index is 11.9. The number of hydrogen-bond acceptors (Lipinski definition) is 2. The van der Waals surface area contributed by atoms with Crippen LogP contribution in [-0.4, -0.2) is 29.7 Å². The molecular weight excluding hydrogens is 202 g/mol. The summed E-state index contributed by atoms with van der Waals surface area (Å²) in [6.07, 6.45) is 4.58. The Labute approximate surface area is 98.2 Å². The van der Waals surface area contributed by atoms with Crippen LogP contribution in [0.5, 0.6) is 0 Å². The molecule has 0 heterocycles. The summed E-state index contributed by atoms with van der Waals surface area (Å²) >= 11 is 0. The Hall–Kier alpha value is -0.860. The number of carbonyl (C=O) groups is 2. The third-order valence-electron chi connectivity index (χ3n) is 3.39. The molecule has 0 aromatic carbocycles. The molecule has 3 heteroatoms. The van der Waals surface area contributed by atoms with Crippen molar-refractivity contribution in [3.05, 3.63) is 0 Å². The summed E-state index contributed by atoms with van der Waals surface area (Å²) in [6.45, 7) is 4.26. The van der Waals surface area contributed by atoms with Gasteiger partial charge >= 0.3 is 0 Å². The van der Waals surface area contributed by atoms with E-state index in [1.165, 1.54) is 0 Å². The predicted octanol–water partition coefficient (Wildman–Crippen LogP) is 2.39. The van der Waals surface area contributed by atoms with E-state index in [0.29, 0.717) is 31.0 Å². The standard InChI is InChI=1S/C13H23NO2/c1-10(2)4-9-13(16)14(3)11-5-7-12(15)8-6-11/h10-11H,4-9H2,1-3H3. The topological polar surface area (TPSA) is 37.4 Å². The van der Waals surface area contributed by atoms with E-state index in [-0.39, 0.29) is 11.9 Å². The Kier molecular flexibility index (Phi) is 4.97. The van der Waals surface area contributed by atoms with Crippen LogP contribution in [0, 0.1) is 5.92 Å². The highest BCUT2D eigenvalue weighted by Gasteiger charge is 2.24. The minimum atomic E-state index is 0.230. The zero-order chi connectivity index (χ0) is 12.1. The van der Waals surface area contributed by atoms with Gasteiger partial charge in [0.15, 0.2) is 0 Å². The maximum Gasteiger partial charge on any atom is 0.222 e. The molecule has 0 bridgehead atoms. The third kappa shape index (κ3) is 3.95. The minimum absolute atomic E-state index is 0.230. The van der Waals surface area contributed by atoms with Crippen molar-refractivity contribution >= 4 is 11.7 Å². The first-order valence-electron chi connectivity index (χ1n) is 6.28. The van der Waals surface area contributed by atoms with Crippen molar-refractivity contribution in [3.63, 3.8) is 0 Å². The first-order chi connectivity index (χ1) is 7.50. The van der Waals surface area contributed by atoms with Gasteiger partial charge in [-0.2, -0.15) is 0 Å². The molecule has 1 aliphatic carbocycles. The second-order valence-electron chi connectivity index (χ2n) is 5.21. The molecule has 1 fully saturated rings. The van der Waals surface area contributed by atoms with Crippen LogP contribution < -0.4 is 0 Å². The molecule has 0 aliphatic heterocycles. The van der Waals surface area contributed by atoms with Crippen LogP contribution in [0.15, 0.2) is 0 Å². The third-order valence-corrected chi connectivity index (χ3v) is 3.39. The normalized spacial score (nSPS) is 17.9. The number of Topliss-reactive ketones (excluding diaryl/α,β-unsaturated/α-hetero) is 1. The molecule has 3 nitrogen and oxygen atoms in total. The first kappa shape index (κ1) is 13.2. The molecule has 0 unspecified atom stereocenters. The molecule has 0 radical (unpaired) electrons. The highest BCUT2D eigenvalue weighted by molar-refractivity contribution is 5.80. The molecule has 1 rings (SSSR count). The fourth-order valence-electron chi connectivity index (χ4n) is 2.10. The summed E-state index contributed by atoms with van der Waals surface area (Å²) in [7, 11) is 1.88. The lowest BCUT2D eigenvalue weighted by Crippen LogP contribution is -2.39. The Bertz CT molecular complexity index is 251. The second kappa shape index (κ2) is 6.02. The van der Waals surface area contributed by atoms with Gasteiger partial charge in [0.25, 0.3) is 0 Å². The van der Waals surface area contributed by atoms with Gasteiger partial charge in [-0.15, -0.1) is 0 Å². The van der Waals surface area contributed by atoms with E-state index in [1.54, 1.807) is 0 Å². The fourth-order valence-corrected chi connectivity index (χ4v) is 2.10. The summed E-state index contributed by atoms with van der Waals surface area (Å²) < 4.78 is 0. The van der Waals surface area contributed by atoms with Gasteiger partial charge in [0.1, 0.15) is 5.78 Å². The average Bonchev–Trinajstić information content (AvgIpc) is 2.26. The van der Waals surface area contributed by atoms with Gasteiger partial charge in [-0.1, -0.05) is 13.8 Å². The Balaban J connectivity index is 2.35. The van der Waals surface area contributed by atoms with E-state index in [4.69, 9.17) is 0 Å². The summed E-state index contributed by atoms with van der Waals surface area (Å²) in [4.78, 5) is 24.8. The SMILES string of the molecule is CC(C)CCC(=O)N(C)C1CCC(=O)CC1. The van der Waals surface area contributed by atoms with Crippen molar-refractivity contribution in [1.29, 1.82) is 0 Å². The molecule has 1 aliphatic rings. The van der Waals surface area contributed by atoms with Crippen molar-refractivity contribution in [2.45, 2.75) is 58.4 Å². The number of ketones is 1. The van der Waals surface area contributed by atoms with E-state index in [1.807, 2.05) is 11.9 Å². The van der Waals surface area contributed by atoms with Crippen molar-refractivity contribution < 1.29 is 9.59 Å². The van der Waals surface area contributed by atoms with Gasteiger partial charge in [-0.05, 0) is 25.2 Å². The molecule has 0 saturated heterocycles. The van der Waals surface area contributed by atoms with Gasteiger partial charge in [0.2, 0.25) is 5.91 Å². The summed E-state index contributed by atoms with van der Waals surface area (Å²) in [5.41, 5.74) is 0. The largest absolute Gasteiger partial charge is 0.343 e. The molecule has 1 saturated carbocycles. The highest BCUT2D eigenvalue weighted by Crippen LogP contribution is 2.20. The van der Waals surface area contributed by atoms with E-state index in [0.717, 1.165) is 19.3 Å². The van der Waals surface area contributed by atoms with Crippen LogP contribution in [-0.2, 0) is 9.59 Å². The zero-order valence-electron chi connectivity index (χ0n) is 10.7. The van der Waals surface area contributed by atoms with E-state index >= 15 is 0 Å². The monoisotopic (exact) mass is 225 g/mol. The van der Waals surface area contributed by atoms with Crippen LogP contribution >= 0.6 is 0 Å². The lowest BCUT2D eigenvalue weighted by atomic mass is 9.93. The molecular formula is C13H23NO2. The number of hydrogen-bond donors (Lipinski definition) is 0. The Morgan fingerprint density at radius 1 is 1.38 bits per heavy atom. The maximum atomic E-state index is 11.9. The van der Waals surface area contributed by atoms with Crippen LogP contribution in [0.25, 0.3) is 0 Å². The lowest BCUT2D eigenvalue weighted by Gasteiger charge is -2.31. The molecule has 16 heavy (non-hydrogen) atoms. The first-order valence-corrected chi connectivity index (χ1v) is 6.28. The van der Waals surface area contributed by atoms with Gasteiger partial charge in [-0.25, -0.2) is 0 Å². The second-order valence-corrected chi connectivity index (χ2v) is 5.21. The van der Waals surface area contributed by atoms with Gasteiger partial charge in [0, 0.05) is 32.4 Å². The van der Waals surface area contributed by atoms with Crippen LogP contribution in [0.3, 0.4) is 0 Å². The minimum Gasteiger partial charge on any atom is -0.343 e. The molecule has 0 N–H and O–H groups in total. The Morgan fingerprint density at radius 2 is 1.94 bits per heavy atom. The fraction of sp³-hybridized carbons (Fsp3) is 0.846. The number of carbonyl (C=O) groups excluding carboxylic acids is 2. The quantitative estimate of drug-likeness (QED) is 0.736. The average molecular weight is 225 g/mol. The van der Waals surface area contributed by atoms with E-state index in [9.17, 15) is 9.59 Å². The van der Waals surface area contributed by atoms with E-state index in [2.05, 4.69) is 13.8 Å². The molecule has 92 valence electrons.